The van der Waals surface area contributed by atoms with Crippen molar-refractivity contribution in [3.05, 3.63) is 59.3 Å². The Bertz CT molecular complexity index is 1150. The lowest BCUT2D eigenvalue weighted by Crippen LogP contribution is -2.24. The van der Waals surface area contributed by atoms with Gasteiger partial charge in [0.2, 0.25) is 0 Å². The van der Waals surface area contributed by atoms with Crippen molar-refractivity contribution in [2.45, 2.75) is 0 Å². The van der Waals surface area contributed by atoms with Crippen LogP contribution in [0.25, 0.3) is 10.9 Å². The Balaban J connectivity index is 1.39. The van der Waals surface area contributed by atoms with Crippen LogP contribution < -0.4 is 5.32 Å². The van der Waals surface area contributed by atoms with Crippen LogP contribution >= 0.6 is 0 Å². The van der Waals surface area contributed by atoms with Gasteiger partial charge in [0, 0.05) is 18.1 Å². The highest BCUT2D eigenvalue weighted by Crippen LogP contribution is 2.24. The molecular formula is C19H14N4O5. The molecule has 0 saturated heterocycles. The van der Waals surface area contributed by atoms with Crippen LogP contribution in [-0.4, -0.2) is 52.4 Å². The third-order valence-electron chi connectivity index (χ3n) is 4.39. The molecule has 0 aliphatic carbocycles. The van der Waals surface area contributed by atoms with E-state index >= 15 is 0 Å². The van der Waals surface area contributed by atoms with Crippen LogP contribution in [0.3, 0.4) is 0 Å². The number of aromatic nitrogens is 2. The summed E-state index contributed by atoms with van der Waals surface area (Å²) in [6.45, 7) is -0.496. The zero-order valence-electron chi connectivity index (χ0n) is 14.7. The number of imide groups is 1. The Labute approximate surface area is 158 Å². The number of ether oxygens (including phenoxy) is 1. The molecule has 28 heavy (non-hydrogen) atoms. The minimum atomic E-state index is -0.650. The predicted molar refractivity (Wildman–Crippen MR) is 97.9 cm³/mol. The molecule has 2 heterocycles. The van der Waals surface area contributed by atoms with Crippen LogP contribution in [0.15, 0.2) is 42.6 Å². The minimum absolute atomic E-state index is 0.218. The van der Waals surface area contributed by atoms with Crippen LogP contribution in [0.5, 0.6) is 0 Å². The first kappa shape index (κ1) is 17.4. The number of rotatable bonds is 4. The van der Waals surface area contributed by atoms with Gasteiger partial charge in [-0.05, 0) is 30.3 Å². The largest absolute Gasteiger partial charge is 0.452 e. The Kier molecular flexibility index (Phi) is 4.11. The van der Waals surface area contributed by atoms with Gasteiger partial charge in [-0.25, -0.2) is 4.79 Å². The van der Waals surface area contributed by atoms with Gasteiger partial charge in [0.05, 0.1) is 28.4 Å². The number of esters is 1. The SMILES string of the molecule is CN1C(=O)c2ccc(NC(=O)COC(=O)c3ccc4cn[nH]c4c3)cc2C1=O. The number of nitrogens with zero attached hydrogens (tertiary/aromatic N) is 2. The van der Waals surface area contributed by atoms with Crippen LogP contribution in [-0.2, 0) is 9.53 Å². The van der Waals surface area contributed by atoms with Crippen LogP contribution in [0.4, 0.5) is 5.69 Å². The molecule has 0 bridgehead atoms. The number of hydrogen-bond donors (Lipinski definition) is 2. The molecule has 0 radical (unpaired) electrons. The Morgan fingerprint density at radius 1 is 1.11 bits per heavy atom. The van der Waals surface area contributed by atoms with Crippen LogP contribution in [0.1, 0.15) is 31.1 Å². The zero-order chi connectivity index (χ0) is 19.8. The molecule has 2 aromatic carbocycles. The normalized spacial score (nSPS) is 13.0. The van der Waals surface area contributed by atoms with Crippen molar-refractivity contribution in [3.8, 4) is 0 Å². The smallest absolute Gasteiger partial charge is 0.338 e. The minimum Gasteiger partial charge on any atom is -0.452 e. The van der Waals surface area contributed by atoms with Gasteiger partial charge in [-0.3, -0.25) is 24.4 Å². The Morgan fingerprint density at radius 2 is 1.89 bits per heavy atom. The molecule has 9 nitrogen and oxygen atoms in total. The highest BCUT2D eigenvalue weighted by molar-refractivity contribution is 6.21. The molecule has 1 aliphatic rings. The average molecular weight is 378 g/mol. The maximum atomic E-state index is 12.1. The number of carbonyl (C=O) groups excluding carboxylic acids is 4. The van der Waals surface area contributed by atoms with Gasteiger partial charge in [0.15, 0.2) is 6.61 Å². The van der Waals surface area contributed by atoms with Gasteiger partial charge < -0.3 is 10.1 Å². The highest BCUT2D eigenvalue weighted by atomic mass is 16.5. The first-order valence-electron chi connectivity index (χ1n) is 8.30. The molecule has 0 unspecified atom stereocenters. The van der Waals surface area contributed by atoms with Gasteiger partial charge in [0.25, 0.3) is 17.7 Å². The number of anilines is 1. The van der Waals surface area contributed by atoms with Crippen molar-refractivity contribution in [3.63, 3.8) is 0 Å². The topological polar surface area (TPSA) is 121 Å². The van der Waals surface area contributed by atoms with Crippen molar-refractivity contribution < 1.29 is 23.9 Å². The molecule has 0 fully saturated rings. The van der Waals surface area contributed by atoms with E-state index in [0.29, 0.717) is 11.2 Å². The lowest BCUT2D eigenvalue weighted by atomic mass is 10.1. The van der Waals surface area contributed by atoms with Crippen molar-refractivity contribution in [1.82, 2.24) is 15.1 Å². The number of amides is 3. The molecule has 1 aliphatic heterocycles. The van der Waals surface area contributed by atoms with E-state index in [9.17, 15) is 19.2 Å². The van der Waals surface area contributed by atoms with Gasteiger partial charge in [-0.1, -0.05) is 6.07 Å². The zero-order valence-corrected chi connectivity index (χ0v) is 14.7. The highest BCUT2D eigenvalue weighted by Gasteiger charge is 2.32. The van der Waals surface area contributed by atoms with Crippen molar-refractivity contribution >= 4 is 40.3 Å². The molecular weight excluding hydrogens is 364 g/mol. The summed E-state index contributed by atoms with van der Waals surface area (Å²) in [5.74, 6) is -2.04. The molecule has 2 N–H and O–H groups in total. The Morgan fingerprint density at radius 3 is 2.71 bits per heavy atom. The van der Waals surface area contributed by atoms with Gasteiger partial charge in [-0.2, -0.15) is 5.10 Å². The lowest BCUT2D eigenvalue weighted by Gasteiger charge is -2.07. The average Bonchev–Trinajstić information content (AvgIpc) is 3.25. The summed E-state index contributed by atoms with van der Waals surface area (Å²) in [5.41, 5.74) is 1.80. The predicted octanol–water partition coefficient (Wildman–Crippen LogP) is 1.58. The number of benzene rings is 2. The second-order valence-electron chi connectivity index (χ2n) is 6.23. The number of carbonyl (C=O) groups is 4. The first-order valence-corrected chi connectivity index (χ1v) is 8.30. The summed E-state index contributed by atoms with van der Waals surface area (Å²) < 4.78 is 5.02. The molecule has 9 heteroatoms. The monoisotopic (exact) mass is 378 g/mol. The second kappa shape index (κ2) is 6.62. The van der Waals surface area contributed by atoms with E-state index in [2.05, 4.69) is 15.5 Å². The van der Waals surface area contributed by atoms with Crippen molar-refractivity contribution in [2.24, 2.45) is 0 Å². The summed E-state index contributed by atoms with van der Waals surface area (Å²) in [6.07, 6.45) is 1.63. The summed E-state index contributed by atoms with van der Waals surface area (Å²) >= 11 is 0. The second-order valence-corrected chi connectivity index (χ2v) is 6.23. The van der Waals surface area contributed by atoms with E-state index < -0.39 is 24.4 Å². The third-order valence-corrected chi connectivity index (χ3v) is 4.39. The van der Waals surface area contributed by atoms with E-state index in [-0.39, 0.29) is 22.6 Å². The van der Waals surface area contributed by atoms with E-state index in [0.717, 1.165) is 10.3 Å². The number of fused-ring (bicyclic) bond motifs is 2. The fourth-order valence-corrected chi connectivity index (χ4v) is 2.91. The number of nitrogens with one attached hydrogen (secondary N) is 2. The molecule has 0 spiro atoms. The van der Waals surface area contributed by atoms with Gasteiger partial charge in [0.1, 0.15) is 0 Å². The fraction of sp³-hybridized carbons (Fsp3) is 0.105. The van der Waals surface area contributed by atoms with Gasteiger partial charge >= 0.3 is 5.97 Å². The number of hydrogen-bond acceptors (Lipinski definition) is 6. The third kappa shape index (κ3) is 2.98. The molecule has 140 valence electrons. The quantitative estimate of drug-likeness (QED) is 0.525. The summed E-state index contributed by atoms with van der Waals surface area (Å²) in [5, 5.41) is 10.0. The standard InChI is InChI=1S/C19H14N4O5/c1-23-17(25)13-5-4-12(7-14(13)18(23)26)21-16(24)9-28-19(27)10-2-3-11-8-20-22-15(11)6-10/h2-8H,9H2,1H3,(H,20,22)(H,21,24). The molecule has 3 aromatic rings. The maximum absolute atomic E-state index is 12.1. The molecule has 4 rings (SSSR count). The number of aromatic amines is 1. The summed E-state index contributed by atoms with van der Waals surface area (Å²) in [7, 11) is 1.39. The van der Waals surface area contributed by atoms with E-state index in [1.54, 1.807) is 24.4 Å². The molecule has 0 saturated carbocycles. The van der Waals surface area contributed by atoms with E-state index in [1.807, 2.05) is 0 Å². The fourth-order valence-electron chi connectivity index (χ4n) is 2.91. The van der Waals surface area contributed by atoms with Crippen molar-refractivity contribution in [2.75, 3.05) is 19.0 Å². The summed E-state index contributed by atoms with van der Waals surface area (Å²) in [6, 6.07) is 9.29. The van der Waals surface area contributed by atoms with E-state index in [4.69, 9.17) is 4.74 Å². The Hall–Kier alpha value is -4.01. The van der Waals surface area contributed by atoms with Crippen molar-refractivity contribution in [1.29, 1.82) is 0 Å². The molecule has 1 aromatic heterocycles. The van der Waals surface area contributed by atoms with E-state index in [1.165, 1.54) is 25.2 Å². The number of H-pyrrole nitrogens is 1. The van der Waals surface area contributed by atoms with Gasteiger partial charge in [-0.15, -0.1) is 0 Å². The molecule has 0 atom stereocenters. The maximum Gasteiger partial charge on any atom is 0.338 e. The lowest BCUT2D eigenvalue weighted by molar-refractivity contribution is -0.119. The first-order chi connectivity index (χ1) is 13.4. The molecule has 3 amide bonds. The van der Waals surface area contributed by atoms with Crippen LogP contribution in [0, 0.1) is 0 Å². The van der Waals surface area contributed by atoms with Crippen LogP contribution in [0.2, 0.25) is 0 Å². The summed E-state index contributed by atoms with van der Waals surface area (Å²) in [4.78, 5) is 49.1.